The summed E-state index contributed by atoms with van der Waals surface area (Å²) in [5, 5.41) is 18.8. The first-order valence-corrected chi connectivity index (χ1v) is 6.75. The van der Waals surface area contributed by atoms with E-state index in [0.29, 0.717) is 11.5 Å². The third-order valence-corrected chi connectivity index (χ3v) is 3.06. The molecule has 23 heavy (non-hydrogen) atoms. The van der Waals surface area contributed by atoms with Crippen LogP contribution in [-0.4, -0.2) is 37.2 Å². The molecule has 0 fully saturated rings. The SMILES string of the molecule is Cc1cc(NC(=O)Cn2cc(CCO)c(C(F)(F)F)n2)n(C)n1. The quantitative estimate of drug-likeness (QED) is 0.860. The highest BCUT2D eigenvalue weighted by Gasteiger charge is 2.37. The number of aromatic nitrogens is 4. The fourth-order valence-corrected chi connectivity index (χ4v) is 2.14. The molecule has 0 atom stereocenters. The zero-order valence-electron chi connectivity index (χ0n) is 12.6. The summed E-state index contributed by atoms with van der Waals surface area (Å²) >= 11 is 0. The van der Waals surface area contributed by atoms with E-state index in [1.807, 2.05) is 0 Å². The molecule has 0 saturated carbocycles. The van der Waals surface area contributed by atoms with Gasteiger partial charge in [0.1, 0.15) is 12.4 Å². The third kappa shape index (κ3) is 4.09. The van der Waals surface area contributed by atoms with Crippen molar-refractivity contribution >= 4 is 11.7 Å². The lowest BCUT2D eigenvalue weighted by Crippen LogP contribution is -2.21. The Morgan fingerprint density at radius 2 is 2.09 bits per heavy atom. The van der Waals surface area contributed by atoms with Gasteiger partial charge >= 0.3 is 6.18 Å². The van der Waals surface area contributed by atoms with Crippen LogP contribution < -0.4 is 5.32 Å². The maximum absolute atomic E-state index is 12.9. The molecule has 7 nitrogen and oxygen atoms in total. The first-order valence-electron chi connectivity index (χ1n) is 6.75. The number of carbonyl (C=O) groups excluding carboxylic acids is 1. The van der Waals surface area contributed by atoms with Crippen LogP contribution in [0.4, 0.5) is 19.0 Å². The molecule has 0 bridgehead atoms. The van der Waals surface area contributed by atoms with Crippen LogP contribution in [0.5, 0.6) is 0 Å². The van der Waals surface area contributed by atoms with Crippen molar-refractivity contribution in [2.45, 2.75) is 26.1 Å². The Hall–Kier alpha value is -2.36. The molecule has 2 aromatic heterocycles. The largest absolute Gasteiger partial charge is 0.435 e. The fraction of sp³-hybridized carbons (Fsp3) is 0.462. The van der Waals surface area contributed by atoms with Crippen molar-refractivity contribution in [3.05, 3.63) is 29.2 Å². The molecule has 2 heterocycles. The average Bonchev–Trinajstić information content (AvgIpc) is 2.93. The van der Waals surface area contributed by atoms with Crippen LogP contribution in [0.15, 0.2) is 12.3 Å². The molecular weight excluding hydrogens is 315 g/mol. The summed E-state index contributed by atoms with van der Waals surface area (Å²) in [4.78, 5) is 11.9. The summed E-state index contributed by atoms with van der Waals surface area (Å²) in [6.07, 6.45) is -3.70. The minimum absolute atomic E-state index is 0.149. The molecule has 2 rings (SSSR count). The van der Waals surface area contributed by atoms with E-state index in [1.54, 1.807) is 20.0 Å². The number of hydrogen-bond acceptors (Lipinski definition) is 4. The Balaban J connectivity index is 2.13. The maximum atomic E-state index is 12.9. The minimum Gasteiger partial charge on any atom is -0.396 e. The van der Waals surface area contributed by atoms with Gasteiger partial charge < -0.3 is 10.4 Å². The van der Waals surface area contributed by atoms with Gasteiger partial charge in [-0.05, 0) is 13.3 Å². The van der Waals surface area contributed by atoms with E-state index >= 15 is 0 Å². The number of halogens is 3. The summed E-state index contributed by atoms with van der Waals surface area (Å²) in [5.41, 5.74) is -0.536. The lowest BCUT2D eigenvalue weighted by atomic mass is 10.2. The van der Waals surface area contributed by atoms with E-state index in [9.17, 15) is 18.0 Å². The highest BCUT2D eigenvalue weighted by molar-refractivity contribution is 5.89. The smallest absolute Gasteiger partial charge is 0.396 e. The van der Waals surface area contributed by atoms with Gasteiger partial charge in [0.25, 0.3) is 0 Å². The molecule has 0 aliphatic heterocycles. The Morgan fingerprint density at radius 1 is 1.39 bits per heavy atom. The highest BCUT2D eigenvalue weighted by atomic mass is 19.4. The molecule has 2 aromatic rings. The highest BCUT2D eigenvalue weighted by Crippen LogP contribution is 2.30. The van der Waals surface area contributed by atoms with Gasteiger partial charge in [0.2, 0.25) is 5.91 Å². The molecule has 0 aromatic carbocycles. The van der Waals surface area contributed by atoms with Gasteiger partial charge in [0, 0.05) is 31.5 Å². The van der Waals surface area contributed by atoms with Crippen molar-refractivity contribution in [3.8, 4) is 0 Å². The maximum Gasteiger partial charge on any atom is 0.435 e. The van der Waals surface area contributed by atoms with Crippen molar-refractivity contribution in [3.63, 3.8) is 0 Å². The van der Waals surface area contributed by atoms with Gasteiger partial charge in [-0.15, -0.1) is 0 Å². The van der Waals surface area contributed by atoms with Crippen molar-refractivity contribution < 1.29 is 23.1 Å². The number of anilines is 1. The lowest BCUT2D eigenvalue weighted by Gasteiger charge is -2.05. The molecule has 0 radical (unpaired) electrons. The number of rotatable bonds is 5. The zero-order valence-corrected chi connectivity index (χ0v) is 12.6. The van der Waals surface area contributed by atoms with Gasteiger partial charge in [-0.1, -0.05) is 0 Å². The Labute approximate surface area is 129 Å². The summed E-state index contributed by atoms with van der Waals surface area (Å²) in [6, 6.07) is 1.64. The number of aliphatic hydroxyl groups is 1. The van der Waals surface area contributed by atoms with Crippen LogP contribution in [0.2, 0.25) is 0 Å². The summed E-state index contributed by atoms with van der Waals surface area (Å²) in [5.74, 6) is -0.0916. The van der Waals surface area contributed by atoms with Crippen LogP contribution in [-0.2, 0) is 31.0 Å². The molecular formula is C13H16F3N5O2. The van der Waals surface area contributed by atoms with Crippen LogP contribution in [0.1, 0.15) is 17.0 Å². The molecule has 0 aliphatic carbocycles. The molecule has 10 heteroatoms. The van der Waals surface area contributed by atoms with E-state index in [1.165, 1.54) is 4.68 Å². The predicted molar refractivity (Wildman–Crippen MR) is 74.6 cm³/mol. The van der Waals surface area contributed by atoms with E-state index in [-0.39, 0.29) is 18.5 Å². The number of amides is 1. The third-order valence-electron chi connectivity index (χ3n) is 3.06. The number of nitrogens with one attached hydrogen (secondary N) is 1. The molecule has 126 valence electrons. The number of alkyl halides is 3. The van der Waals surface area contributed by atoms with E-state index < -0.39 is 24.4 Å². The summed E-state index contributed by atoms with van der Waals surface area (Å²) < 4.78 is 40.9. The second-order valence-electron chi connectivity index (χ2n) is 5.01. The zero-order chi connectivity index (χ0) is 17.2. The Bertz CT molecular complexity index is 705. The van der Waals surface area contributed by atoms with Crippen molar-refractivity contribution in [1.82, 2.24) is 19.6 Å². The first kappa shape index (κ1) is 17.0. The second kappa shape index (κ2) is 6.41. The van der Waals surface area contributed by atoms with E-state index in [2.05, 4.69) is 15.5 Å². The number of nitrogens with zero attached hydrogens (tertiary/aromatic N) is 4. The van der Waals surface area contributed by atoms with Crippen molar-refractivity contribution in [1.29, 1.82) is 0 Å². The Kier molecular flexibility index (Phi) is 4.73. The van der Waals surface area contributed by atoms with Gasteiger partial charge in [-0.3, -0.25) is 14.2 Å². The molecule has 1 amide bonds. The van der Waals surface area contributed by atoms with Gasteiger partial charge in [-0.2, -0.15) is 23.4 Å². The average molecular weight is 331 g/mol. The monoisotopic (exact) mass is 331 g/mol. The van der Waals surface area contributed by atoms with Crippen LogP contribution in [0.3, 0.4) is 0 Å². The van der Waals surface area contributed by atoms with Gasteiger partial charge in [0.15, 0.2) is 5.69 Å². The number of carbonyl (C=O) groups is 1. The molecule has 0 aliphatic rings. The van der Waals surface area contributed by atoms with Gasteiger partial charge in [0.05, 0.1) is 5.69 Å². The predicted octanol–water partition coefficient (Wildman–Crippen LogP) is 1.12. The standard InChI is InChI=1S/C13H16F3N5O2/c1-8-5-10(20(2)18-8)17-11(23)7-21-6-9(3-4-22)12(19-21)13(14,15)16/h5-6,22H,3-4,7H2,1-2H3,(H,17,23). The van der Waals surface area contributed by atoms with E-state index in [4.69, 9.17) is 5.11 Å². The normalized spacial score (nSPS) is 11.7. The molecule has 0 unspecified atom stereocenters. The molecule has 0 spiro atoms. The van der Waals surface area contributed by atoms with Crippen LogP contribution in [0, 0.1) is 6.92 Å². The topological polar surface area (TPSA) is 85.0 Å². The van der Waals surface area contributed by atoms with E-state index in [0.717, 1.165) is 10.9 Å². The Morgan fingerprint density at radius 3 is 2.61 bits per heavy atom. The fourth-order valence-electron chi connectivity index (χ4n) is 2.14. The first-order chi connectivity index (χ1) is 10.7. The lowest BCUT2D eigenvalue weighted by molar-refractivity contribution is -0.142. The number of aryl methyl sites for hydroxylation is 2. The minimum atomic E-state index is -4.63. The van der Waals surface area contributed by atoms with Crippen LogP contribution in [0.25, 0.3) is 0 Å². The molecule has 0 saturated heterocycles. The second-order valence-corrected chi connectivity index (χ2v) is 5.01. The van der Waals surface area contributed by atoms with Crippen molar-refractivity contribution in [2.75, 3.05) is 11.9 Å². The molecule has 2 N–H and O–H groups in total. The van der Waals surface area contributed by atoms with Crippen LogP contribution >= 0.6 is 0 Å². The summed E-state index contributed by atoms with van der Waals surface area (Å²) in [6.45, 7) is 0.938. The number of hydrogen-bond donors (Lipinski definition) is 2. The number of aliphatic hydroxyl groups excluding tert-OH is 1. The van der Waals surface area contributed by atoms with Gasteiger partial charge in [-0.25, -0.2) is 0 Å². The van der Waals surface area contributed by atoms with Crippen molar-refractivity contribution in [2.24, 2.45) is 7.05 Å². The summed E-state index contributed by atoms with van der Waals surface area (Å²) in [7, 11) is 1.64.